The lowest BCUT2D eigenvalue weighted by Crippen LogP contribution is -2.52. The van der Waals surface area contributed by atoms with Gasteiger partial charge in [-0.2, -0.15) is 0 Å². The monoisotopic (exact) mass is 304 g/mol. The van der Waals surface area contributed by atoms with Gasteiger partial charge in [0.15, 0.2) is 0 Å². The molecule has 1 N–H and O–H groups in total. The fraction of sp³-hybridized carbons (Fsp3) is 0.750. The Hall–Kier alpha value is -0.890. The van der Waals surface area contributed by atoms with Crippen LogP contribution in [0.4, 0.5) is 0 Å². The lowest BCUT2D eigenvalue weighted by molar-refractivity contribution is -0.143. The minimum Gasteiger partial charge on any atom is -0.386 e. The van der Waals surface area contributed by atoms with Gasteiger partial charge in [0.1, 0.15) is 5.78 Å². The third-order valence-corrected chi connectivity index (χ3v) is 6.68. The summed E-state index contributed by atoms with van der Waals surface area (Å²) in [6.45, 7) is 14.4. The molecule has 2 aliphatic rings. The Kier molecular flexibility index (Phi) is 4.47. The number of carbonyl (C=O) groups is 1. The molecule has 1 saturated carbocycles. The van der Waals surface area contributed by atoms with Crippen molar-refractivity contribution in [1.29, 1.82) is 0 Å². The summed E-state index contributed by atoms with van der Waals surface area (Å²) in [5.41, 5.74) is 0.560. The van der Waals surface area contributed by atoms with E-state index in [0.717, 1.165) is 25.7 Å². The Morgan fingerprint density at radius 2 is 2.09 bits per heavy atom. The Balaban J connectivity index is 2.29. The highest BCUT2D eigenvalue weighted by molar-refractivity contribution is 5.85. The Labute approximate surface area is 135 Å². The van der Waals surface area contributed by atoms with E-state index >= 15 is 0 Å². The topological polar surface area (TPSA) is 37.3 Å². The van der Waals surface area contributed by atoms with Crippen LogP contribution in [0.3, 0.4) is 0 Å². The number of hydrogen-bond donors (Lipinski definition) is 1. The van der Waals surface area contributed by atoms with Crippen molar-refractivity contribution in [2.75, 3.05) is 0 Å². The van der Waals surface area contributed by atoms with Crippen LogP contribution in [0.25, 0.3) is 0 Å². The molecule has 2 rings (SSSR count). The average Bonchev–Trinajstić information content (AvgIpc) is 2.42. The van der Waals surface area contributed by atoms with Gasteiger partial charge >= 0.3 is 0 Å². The number of carbonyl (C=O) groups excluding carboxylic acids is 1. The number of fused-ring (bicyclic) bond motifs is 1. The summed E-state index contributed by atoms with van der Waals surface area (Å²) < 4.78 is 0. The molecule has 4 atom stereocenters. The van der Waals surface area contributed by atoms with Gasteiger partial charge in [-0.05, 0) is 56.8 Å². The summed E-state index contributed by atoms with van der Waals surface area (Å²) in [5.74, 6) is 1.27. The van der Waals surface area contributed by atoms with Crippen LogP contribution >= 0.6 is 0 Å². The summed E-state index contributed by atoms with van der Waals surface area (Å²) >= 11 is 0. The zero-order valence-corrected chi connectivity index (χ0v) is 14.9. The standard InChI is InChI=1S/C20H32O2/c1-7-19(5,22)12-10-15-14(2)8-9-16-18(3,4)17(21)11-13-20(15,16)6/h7-8,15-16,22H,1,9-13H2,2-6H3/t15-,16+,19-,20+/m0/s1. The first-order chi connectivity index (χ1) is 10.0. The number of rotatable bonds is 4. The zero-order chi connectivity index (χ0) is 16.8. The van der Waals surface area contributed by atoms with Crippen molar-refractivity contribution in [3.05, 3.63) is 24.3 Å². The second kappa shape index (κ2) is 5.63. The molecule has 0 aromatic rings. The summed E-state index contributed by atoms with van der Waals surface area (Å²) in [6.07, 6.45) is 8.34. The number of Topliss-reactive ketones (excluding diaryl/α,β-unsaturated/α-hetero) is 1. The molecule has 2 nitrogen and oxygen atoms in total. The van der Waals surface area contributed by atoms with E-state index < -0.39 is 5.60 Å². The normalized spacial score (nSPS) is 37.0. The molecule has 124 valence electrons. The molecule has 0 bridgehead atoms. The molecule has 0 heterocycles. The van der Waals surface area contributed by atoms with E-state index in [4.69, 9.17) is 0 Å². The fourth-order valence-corrected chi connectivity index (χ4v) is 4.94. The molecule has 0 unspecified atom stereocenters. The molecule has 0 aromatic heterocycles. The van der Waals surface area contributed by atoms with Crippen molar-refractivity contribution >= 4 is 5.78 Å². The lowest BCUT2D eigenvalue weighted by Gasteiger charge is -2.56. The first kappa shape index (κ1) is 17.5. The maximum absolute atomic E-state index is 12.4. The molecule has 0 aromatic carbocycles. The van der Waals surface area contributed by atoms with Crippen LogP contribution in [0, 0.1) is 22.7 Å². The second-order valence-electron chi connectivity index (χ2n) is 8.54. The van der Waals surface area contributed by atoms with Crippen molar-refractivity contribution in [1.82, 2.24) is 0 Å². The van der Waals surface area contributed by atoms with Crippen molar-refractivity contribution in [2.24, 2.45) is 22.7 Å². The Morgan fingerprint density at radius 3 is 2.68 bits per heavy atom. The van der Waals surface area contributed by atoms with Gasteiger partial charge in [0.05, 0.1) is 5.60 Å². The molecule has 2 heteroatoms. The predicted octanol–water partition coefficient (Wildman–Crippen LogP) is 4.68. The van der Waals surface area contributed by atoms with Crippen molar-refractivity contribution < 1.29 is 9.90 Å². The van der Waals surface area contributed by atoms with Gasteiger partial charge in [-0.15, -0.1) is 6.58 Å². The van der Waals surface area contributed by atoms with Crippen LogP contribution in [-0.4, -0.2) is 16.5 Å². The molecule has 0 saturated heterocycles. The van der Waals surface area contributed by atoms with Crippen molar-refractivity contribution in [3.63, 3.8) is 0 Å². The van der Waals surface area contributed by atoms with Crippen molar-refractivity contribution in [2.45, 2.75) is 72.3 Å². The highest BCUT2D eigenvalue weighted by atomic mass is 16.3. The first-order valence-corrected chi connectivity index (χ1v) is 8.60. The van der Waals surface area contributed by atoms with Gasteiger partial charge in [0, 0.05) is 11.8 Å². The first-order valence-electron chi connectivity index (χ1n) is 8.60. The molecule has 2 aliphatic carbocycles. The SMILES string of the molecule is C=C[C@](C)(O)CC[C@H]1C(C)=CC[C@@H]2C(C)(C)C(=O)CC[C@@]21C. The van der Waals surface area contributed by atoms with E-state index in [9.17, 15) is 9.90 Å². The predicted molar refractivity (Wildman–Crippen MR) is 91.5 cm³/mol. The number of hydrogen-bond acceptors (Lipinski definition) is 2. The summed E-state index contributed by atoms with van der Waals surface area (Å²) in [4.78, 5) is 12.4. The molecule has 0 spiro atoms. The zero-order valence-electron chi connectivity index (χ0n) is 14.9. The van der Waals surface area contributed by atoms with Crippen LogP contribution in [-0.2, 0) is 4.79 Å². The summed E-state index contributed by atoms with van der Waals surface area (Å²) in [5, 5.41) is 10.3. The Morgan fingerprint density at radius 1 is 1.45 bits per heavy atom. The third-order valence-electron chi connectivity index (χ3n) is 6.68. The molecular formula is C20H32O2. The number of aliphatic hydroxyl groups is 1. The van der Waals surface area contributed by atoms with Crippen LogP contribution < -0.4 is 0 Å². The van der Waals surface area contributed by atoms with Crippen LogP contribution in [0.5, 0.6) is 0 Å². The maximum atomic E-state index is 12.4. The van der Waals surface area contributed by atoms with Gasteiger partial charge in [0.25, 0.3) is 0 Å². The van der Waals surface area contributed by atoms with Gasteiger partial charge < -0.3 is 5.11 Å². The van der Waals surface area contributed by atoms with E-state index in [-0.39, 0.29) is 10.8 Å². The minimum atomic E-state index is -0.802. The quantitative estimate of drug-likeness (QED) is 0.766. The van der Waals surface area contributed by atoms with E-state index in [2.05, 4.69) is 40.3 Å². The fourth-order valence-electron chi connectivity index (χ4n) is 4.94. The van der Waals surface area contributed by atoms with Crippen molar-refractivity contribution in [3.8, 4) is 0 Å². The highest BCUT2D eigenvalue weighted by Crippen LogP contribution is 2.59. The number of ketones is 1. The summed E-state index contributed by atoms with van der Waals surface area (Å²) in [6, 6.07) is 0. The second-order valence-corrected chi connectivity index (χ2v) is 8.54. The van der Waals surface area contributed by atoms with E-state index in [1.165, 1.54) is 5.57 Å². The molecule has 1 fully saturated rings. The minimum absolute atomic E-state index is 0.160. The highest BCUT2D eigenvalue weighted by Gasteiger charge is 2.55. The third kappa shape index (κ3) is 2.82. The molecule has 22 heavy (non-hydrogen) atoms. The van der Waals surface area contributed by atoms with Gasteiger partial charge in [-0.25, -0.2) is 0 Å². The van der Waals surface area contributed by atoms with Crippen LogP contribution in [0.1, 0.15) is 66.7 Å². The maximum Gasteiger partial charge on any atom is 0.138 e. The molecule has 0 radical (unpaired) electrons. The smallest absolute Gasteiger partial charge is 0.138 e. The lowest BCUT2D eigenvalue weighted by atomic mass is 9.47. The van der Waals surface area contributed by atoms with Crippen LogP contribution in [0.2, 0.25) is 0 Å². The largest absolute Gasteiger partial charge is 0.386 e. The van der Waals surface area contributed by atoms with Gasteiger partial charge in [0.2, 0.25) is 0 Å². The van der Waals surface area contributed by atoms with Gasteiger partial charge in [-0.1, -0.05) is 38.5 Å². The van der Waals surface area contributed by atoms with E-state index in [1.807, 2.05) is 6.92 Å². The number of allylic oxidation sites excluding steroid dienone is 2. The molecule has 0 amide bonds. The average molecular weight is 304 g/mol. The van der Waals surface area contributed by atoms with E-state index in [0.29, 0.717) is 24.0 Å². The Bertz CT molecular complexity index is 498. The molecular weight excluding hydrogens is 272 g/mol. The van der Waals surface area contributed by atoms with Crippen LogP contribution in [0.15, 0.2) is 24.3 Å². The van der Waals surface area contributed by atoms with Gasteiger partial charge in [-0.3, -0.25) is 4.79 Å². The molecule has 0 aliphatic heterocycles. The summed E-state index contributed by atoms with van der Waals surface area (Å²) in [7, 11) is 0. The van der Waals surface area contributed by atoms with E-state index in [1.54, 1.807) is 6.08 Å².